The number of nitrogens with two attached hydrogens (primary N) is 1. The molecule has 1 aromatic carbocycles. The van der Waals surface area contributed by atoms with Crippen LogP contribution in [0.25, 0.3) is 0 Å². The van der Waals surface area contributed by atoms with Crippen molar-refractivity contribution in [1.29, 1.82) is 0 Å². The van der Waals surface area contributed by atoms with E-state index in [1.165, 1.54) is 18.2 Å². The molecule has 32 heavy (non-hydrogen) atoms. The fraction of sp³-hybridized carbons (Fsp3) is 0.263. The molecule has 0 aliphatic carbocycles. The number of hydrogen-bond acceptors (Lipinski definition) is 7. The van der Waals surface area contributed by atoms with Gasteiger partial charge in [0.25, 0.3) is 11.8 Å². The van der Waals surface area contributed by atoms with Crippen molar-refractivity contribution in [2.75, 3.05) is 18.5 Å². The Hall–Kier alpha value is -3.28. The van der Waals surface area contributed by atoms with Crippen LogP contribution in [-0.4, -0.2) is 40.1 Å². The molecule has 3 aromatic rings. The summed E-state index contributed by atoms with van der Waals surface area (Å²) in [6.45, 7) is 3.65. The molecule has 0 saturated heterocycles. The first-order valence-electron chi connectivity index (χ1n) is 9.39. The molecular formula is C19H20Cl2N6O5. The minimum absolute atomic E-state index is 0.0311. The fourth-order valence-corrected chi connectivity index (χ4v) is 3.15. The van der Waals surface area contributed by atoms with Crippen molar-refractivity contribution in [3.63, 3.8) is 0 Å². The molecule has 2 amide bonds. The lowest BCUT2D eigenvalue weighted by Crippen LogP contribution is -2.27. The lowest BCUT2D eigenvalue weighted by molar-refractivity contribution is 0.0933. The predicted octanol–water partition coefficient (Wildman–Crippen LogP) is 2.39. The number of anilines is 1. The van der Waals surface area contributed by atoms with Crippen LogP contribution in [0.15, 0.2) is 27.4 Å². The average Bonchev–Trinajstić information content (AvgIpc) is 3.31. The third kappa shape index (κ3) is 5.13. The van der Waals surface area contributed by atoms with Crippen LogP contribution in [-0.2, 0) is 0 Å². The number of nitrogens with zero attached hydrogens (tertiary/aromatic N) is 1. The van der Waals surface area contributed by atoms with Gasteiger partial charge in [0.05, 0.1) is 15.7 Å². The smallest absolute Gasteiger partial charge is 0.434 e. The summed E-state index contributed by atoms with van der Waals surface area (Å²) in [6, 6.07) is 3.77. The Bertz CT molecular complexity index is 1200. The monoisotopic (exact) mass is 482 g/mol. The van der Waals surface area contributed by atoms with Gasteiger partial charge >= 0.3 is 5.76 Å². The third-order valence-electron chi connectivity index (χ3n) is 4.32. The Morgan fingerprint density at radius 2 is 2.03 bits per heavy atom. The molecule has 2 aromatic heterocycles. The van der Waals surface area contributed by atoms with Crippen molar-refractivity contribution in [3.05, 3.63) is 61.6 Å². The van der Waals surface area contributed by atoms with Gasteiger partial charge in [0.1, 0.15) is 24.1 Å². The van der Waals surface area contributed by atoms with E-state index in [2.05, 4.69) is 25.8 Å². The summed E-state index contributed by atoms with van der Waals surface area (Å²) in [4.78, 5) is 39.2. The minimum atomic E-state index is -0.725. The number of hydrogen-bond donors (Lipinski definition) is 5. The Morgan fingerprint density at radius 3 is 2.62 bits per heavy atom. The molecule has 3 rings (SSSR count). The van der Waals surface area contributed by atoms with Crippen LogP contribution in [0, 0.1) is 6.92 Å². The zero-order valence-electron chi connectivity index (χ0n) is 17.0. The predicted molar refractivity (Wildman–Crippen MR) is 117 cm³/mol. The number of H-pyrrole nitrogens is 2. The molecule has 0 aliphatic heterocycles. The Labute approximate surface area is 191 Å². The van der Waals surface area contributed by atoms with Gasteiger partial charge in [-0.2, -0.15) is 0 Å². The van der Waals surface area contributed by atoms with E-state index in [0.29, 0.717) is 11.4 Å². The number of carbonyl (C=O) groups is 2. The average molecular weight is 483 g/mol. The number of rotatable bonds is 8. The minimum Gasteiger partial charge on any atom is -0.490 e. The van der Waals surface area contributed by atoms with E-state index in [0.717, 1.165) is 0 Å². The van der Waals surface area contributed by atoms with Crippen molar-refractivity contribution in [3.8, 4) is 5.75 Å². The second-order valence-corrected chi connectivity index (χ2v) is 7.46. The van der Waals surface area contributed by atoms with Crippen LogP contribution < -0.4 is 26.9 Å². The van der Waals surface area contributed by atoms with Gasteiger partial charge in [-0.15, -0.1) is 5.10 Å². The van der Waals surface area contributed by atoms with E-state index in [1.54, 1.807) is 13.8 Å². The van der Waals surface area contributed by atoms with Crippen molar-refractivity contribution in [2.24, 2.45) is 5.73 Å². The second-order valence-electron chi connectivity index (χ2n) is 6.70. The molecular weight excluding hydrogens is 463 g/mol. The molecule has 0 fully saturated rings. The standard InChI is InChI=1S/C19H20Cl2N6O5/c1-8-13(20)14(21)15(23-8)17(29)25-11-4-3-10(7-12(11)31-6-5-22)16(28)24-9(2)18-26-27-19(30)32-18/h3-4,7,9,23H,5-6,22H2,1-2H3,(H,24,28)(H,25,29)(H,27,30)/t9-/m0/s1. The maximum absolute atomic E-state index is 12.7. The Balaban J connectivity index is 1.81. The molecule has 0 bridgehead atoms. The van der Waals surface area contributed by atoms with E-state index in [-0.39, 0.29) is 46.1 Å². The second kappa shape index (κ2) is 9.90. The van der Waals surface area contributed by atoms with Crippen LogP contribution >= 0.6 is 23.2 Å². The van der Waals surface area contributed by atoms with E-state index in [1.807, 2.05) is 0 Å². The van der Waals surface area contributed by atoms with Crippen molar-refractivity contribution < 1.29 is 18.7 Å². The molecule has 0 saturated carbocycles. The summed E-state index contributed by atoms with van der Waals surface area (Å²) in [6.07, 6.45) is 0. The maximum Gasteiger partial charge on any atom is 0.434 e. The van der Waals surface area contributed by atoms with Gasteiger partial charge in [0.15, 0.2) is 0 Å². The largest absolute Gasteiger partial charge is 0.490 e. The first kappa shape index (κ1) is 23.4. The highest BCUT2D eigenvalue weighted by atomic mass is 35.5. The SMILES string of the molecule is Cc1[nH]c(C(=O)Nc2ccc(C(=O)N[C@@H](C)c3n[nH]c(=O)o3)cc2OCCN)c(Cl)c1Cl. The molecule has 170 valence electrons. The highest BCUT2D eigenvalue weighted by Gasteiger charge is 2.21. The number of halogens is 2. The van der Waals surface area contributed by atoms with Gasteiger partial charge in [-0.3, -0.25) is 9.59 Å². The number of ether oxygens (including phenoxy) is 1. The lowest BCUT2D eigenvalue weighted by atomic mass is 10.1. The number of nitrogens with one attached hydrogen (secondary N) is 4. The molecule has 2 heterocycles. The number of aryl methyl sites for hydroxylation is 1. The van der Waals surface area contributed by atoms with Crippen LogP contribution in [0.3, 0.4) is 0 Å². The molecule has 0 aliphatic rings. The van der Waals surface area contributed by atoms with Gasteiger partial charge in [-0.05, 0) is 32.0 Å². The van der Waals surface area contributed by atoms with Crippen LogP contribution in [0.2, 0.25) is 10.0 Å². The summed E-state index contributed by atoms with van der Waals surface area (Å²) in [5, 5.41) is 11.5. The van der Waals surface area contributed by atoms with Gasteiger partial charge in [0.2, 0.25) is 5.89 Å². The highest BCUT2D eigenvalue weighted by molar-refractivity contribution is 6.44. The molecule has 1 atom stereocenters. The normalized spacial score (nSPS) is 11.8. The zero-order chi connectivity index (χ0) is 23.4. The fourth-order valence-electron chi connectivity index (χ4n) is 2.74. The Kier molecular flexibility index (Phi) is 7.23. The third-order valence-corrected chi connectivity index (χ3v) is 5.27. The number of aromatic amines is 2. The van der Waals surface area contributed by atoms with Gasteiger partial charge in [0, 0.05) is 17.8 Å². The van der Waals surface area contributed by atoms with Crippen LogP contribution in [0.1, 0.15) is 45.4 Å². The van der Waals surface area contributed by atoms with E-state index < -0.39 is 23.6 Å². The van der Waals surface area contributed by atoms with Crippen LogP contribution in [0.4, 0.5) is 5.69 Å². The van der Waals surface area contributed by atoms with Crippen molar-refractivity contribution >= 4 is 40.7 Å². The molecule has 13 heteroatoms. The first-order chi connectivity index (χ1) is 15.2. The summed E-state index contributed by atoms with van der Waals surface area (Å²) in [5.74, 6) is -1.49. The summed E-state index contributed by atoms with van der Waals surface area (Å²) >= 11 is 12.1. The van der Waals surface area contributed by atoms with Gasteiger partial charge < -0.3 is 30.5 Å². The molecule has 0 unspecified atom stereocenters. The lowest BCUT2D eigenvalue weighted by Gasteiger charge is -2.15. The highest BCUT2D eigenvalue weighted by Crippen LogP contribution is 2.31. The molecule has 11 nitrogen and oxygen atoms in total. The van der Waals surface area contributed by atoms with Gasteiger partial charge in [-0.25, -0.2) is 9.89 Å². The summed E-state index contributed by atoms with van der Waals surface area (Å²) < 4.78 is 10.4. The summed E-state index contributed by atoms with van der Waals surface area (Å²) in [5.41, 5.74) is 6.69. The van der Waals surface area contributed by atoms with E-state index in [9.17, 15) is 14.4 Å². The van der Waals surface area contributed by atoms with E-state index >= 15 is 0 Å². The number of aromatic nitrogens is 3. The van der Waals surface area contributed by atoms with E-state index in [4.69, 9.17) is 38.1 Å². The van der Waals surface area contributed by atoms with Gasteiger partial charge in [-0.1, -0.05) is 23.2 Å². The zero-order valence-corrected chi connectivity index (χ0v) is 18.6. The number of carbonyl (C=O) groups excluding carboxylic acids is 2. The first-order valence-corrected chi connectivity index (χ1v) is 10.1. The van der Waals surface area contributed by atoms with Crippen molar-refractivity contribution in [2.45, 2.75) is 19.9 Å². The topological polar surface area (TPSA) is 168 Å². The van der Waals surface area contributed by atoms with Crippen LogP contribution in [0.5, 0.6) is 5.75 Å². The summed E-state index contributed by atoms with van der Waals surface area (Å²) in [7, 11) is 0. The molecule has 0 radical (unpaired) electrons. The quantitative estimate of drug-likeness (QED) is 0.328. The number of amides is 2. The number of benzene rings is 1. The van der Waals surface area contributed by atoms with Crippen molar-refractivity contribution in [1.82, 2.24) is 20.5 Å². The molecule has 0 spiro atoms. The Morgan fingerprint density at radius 1 is 1.28 bits per heavy atom. The maximum atomic E-state index is 12.7. The molecule has 6 N–H and O–H groups in total.